The molecule has 0 aliphatic heterocycles. The first kappa shape index (κ1) is 23.4. The fraction of sp³-hybridized carbons (Fsp3) is 0.444. The number of para-hydroxylation sites is 1. The Morgan fingerprint density at radius 3 is 2.54 bits per heavy atom. The van der Waals surface area contributed by atoms with Crippen LogP contribution < -0.4 is 21.1 Å². The Morgan fingerprint density at radius 1 is 1.29 bits per heavy atom. The third-order valence-electron chi connectivity index (χ3n) is 4.00. The van der Waals surface area contributed by atoms with Crippen molar-refractivity contribution in [3.8, 4) is 5.75 Å². The zero-order valence-corrected chi connectivity index (χ0v) is 17.1. The minimum atomic E-state index is -0.693. The Bertz CT molecular complexity index is 796. The number of aromatic nitrogens is 2. The average molecular weight is 412 g/mol. The first-order valence-corrected chi connectivity index (χ1v) is 8.59. The summed E-state index contributed by atoms with van der Waals surface area (Å²) in [7, 11) is 1.53. The van der Waals surface area contributed by atoms with Gasteiger partial charge in [-0.05, 0) is 12.0 Å². The van der Waals surface area contributed by atoms with Gasteiger partial charge in [0.1, 0.15) is 11.8 Å². The number of ether oxygens (including phenoxy) is 1. The van der Waals surface area contributed by atoms with Crippen LogP contribution in [0.5, 0.6) is 5.75 Å². The number of nitrogens with one attached hydrogen (secondary N) is 2. The zero-order valence-electron chi connectivity index (χ0n) is 16.3. The van der Waals surface area contributed by atoms with Crippen LogP contribution in [0, 0.1) is 12.8 Å². The highest BCUT2D eigenvalue weighted by Crippen LogP contribution is 2.28. The fourth-order valence-electron chi connectivity index (χ4n) is 2.42. The van der Waals surface area contributed by atoms with E-state index in [1.165, 1.54) is 7.11 Å². The number of amides is 2. The summed E-state index contributed by atoms with van der Waals surface area (Å²) in [5, 5.41) is 9.24. The number of hydrogen-bond acceptors (Lipinski definition) is 7. The number of rotatable bonds is 8. The van der Waals surface area contributed by atoms with E-state index in [0.717, 1.165) is 0 Å². The Labute approximate surface area is 169 Å². The van der Waals surface area contributed by atoms with Crippen LogP contribution in [0.1, 0.15) is 37.2 Å². The van der Waals surface area contributed by atoms with E-state index >= 15 is 0 Å². The summed E-state index contributed by atoms with van der Waals surface area (Å²) in [4.78, 5) is 28.6. The van der Waals surface area contributed by atoms with E-state index < -0.39 is 18.0 Å². The van der Waals surface area contributed by atoms with Crippen molar-refractivity contribution in [2.75, 3.05) is 13.7 Å². The molecule has 0 aliphatic carbocycles. The van der Waals surface area contributed by atoms with E-state index in [2.05, 4.69) is 20.8 Å². The minimum absolute atomic E-state index is 0. The van der Waals surface area contributed by atoms with E-state index in [9.17, 15) is 9.59 Å². The average Bonchev–Trinajstić information content (AvgIpc) is 3.09. The third kappa shape index (κ3) is 5.93. The number of benzene rings is 1. The number of aryl methyl sites for hydroxylation is 1. The highest BCUT2D eigenvalue weighted by atomic mass is 35.5. The third-order valence-corrected chi connectivity index (χ3v) is 4.00. The molecule has 4 N–H and O–H groups in total. The van der Waals surface area contributed by atoms with Gasteiger partial charge in [0.05, 0.1) is 19.7 Å². The normalized spacial score (nSPS) is 12.6. The summed E-state index contributed by atoms with van der Waals surface area (Å²) in [6.45, 7) is 5.11. The van der Waals surface area contributed by atoms with Gasteiger partial charge in [-0.3, -0.25) is 9.59 Å². The number of nitrogens with two attached hydrogens (primary N) is 1. The largest absolute Gasteiger partial charge is 0.496 e. The van der Waals surface area contributed by atoms with Gasteiger partial charge in [0.25, 0.3) is 0 Å². The summed E-state index contributed by atoms with van der Waals surface area (Å²) in [5.74, 6) is 0.390. The SMILES string of the molecule is COc1ccccc1C(NC(=O)CNC(=O)[C@@H](N)C(C)C)c1noc(C)n1.Cl. The van der Waals surface area contributed by atoms with E-state index in [1.807, 2.05) is 26.0 Å². The van der Waals surface area contributed by atoms with Crippen molar-refractivity contribution in [3.63, 3.8) is 0 Å². The number of hydrogen-bond donors (Lipinski definition) is 3. The Morgan fingerprint density at radius 2 is 1.96 bits per heavy atom. The van der Waals surface area contributed by atoms with Crippen molar-refractivity contribution in [3.05, 3.63) is 41.5 Å². The molecule has 0 saturated carbocycles. The maximum absolute atomic E-state index is 12.4. The van der Waals surface area contributed by atoms with Crippen LogP contribution in [0.2, 0.25) is 0 Å². The van der Waals surface area contributed by atoms with Crippen molar-refractivity contribution in [2.24, 2.45) is 11.7 Å². The lowest BCUT2D eigenvalue weighted by Gasteiger charge is -2.19. The van der Waals surface area contributed by atoms with Gasteiger partial charge >= 0.3 is 0 Å². The van der Waals surface area contributed by atoms with Gasteiger partial charge in [0, 0.05) is 12.5 Å². The first-order chi connectivity index (χ1) is 12.8. The number of methoxy groups -OCH3 is 1. The number of nitrogens with zero attached hydrogens (tertiary/aromatic N) is 2. The smallest absolute Gasteiger partial charge is 0.240 e. The van der Waals surface area contributed by atoms with Crippen LogP contribution in [-0.2, 0) is 9.59 Å². The van der Waals surface area contributed by atoms with Crippen LogP contribution in [0.25, 0.3) is 0 Å². The number of carbonyl (C=O) groups excluding carboxylic acids is 2. The molecule has 9 nitrogen and oxygen atoms in total. The molecule has 1 aromatic carbocycles. The van der Waals surface area contributed by atoms with E-state index in [1.54, 1.807) is 19.1 Å². The lowest BCUT2D eigenvalue weighted by atomic mass is 10.0. The highest BCUT2D eigenvalue weighted by Gasteiger charge is 2.25. The summed E-state index contributed by atoms with van der Waals surface area (Å²) >= 11 is 0. The van der Waals surface area contributed by atoms with Crippen LogP contribution >= 0.6 is 12.4 Å². The molecule has 0 fully saturated rings. The standard InChI is InChI=1S/C18H25N5O4.ClH/c1-10(2)15(19)18(25)20-9-14(24)22-16(17-21-11(3)27-23-17)12-7-5-6-8-13(12)26-4;/h5-8,10,15-16H,9,19H2,1-4H3,(H,20,25)(H,22,24);1H/t15-,16?;/m0./s1. The molecule has 0 aliphatic rings. The molecule has 2 rings (SSSR count). The molecule has 2 aromatic rings. The van der Waals surface area contributed by atoms with Crippen molar-refractivity contribution in [2.45, 2.75) is 32.9 Å². The Kier molecular flexibility index (Phi) is 8.87. The lowest BCUT2D eigenvalue weighted by molar-refractivity contribution is -0.127. The number of carbonyl (C=O) groups is 2. The highest BCUT2D eigenvalue weighted by molar-refractivity contribution is 5.87. The minimum Gasteiger partial charge on any atom is -0.496 e. The van der Waals surface area contributed by atoms with Gasteiger partial charge in [-0.1, -0.05) is 37.2 Å². The second-order valence-electron chi connectivity index (χ2n) is 6.40. The van der Waals surface area contributed by atoms with Crippen LogP contribution in [0.4, 0.5) is 0 Å². The molecule has 0 bridgehead atoms. The maximum Gasteiger partial charge on any atom is 0.240 e. The predicted octanol–water partition coefficient (Wildman–Crippen LogP) is 1.11. The second-order valence-corrected chi connectivity index (χ2v) is 6.40. The quantitative estimate of drug-likeness (QED) is 0.592. The number of halogens is 1. The Hall–Kier alpha value is -2.65. The van der Waals surface area contributed by atoms with Gasteiger partial charge in [-0.15, -0.1) is 12.4 Å². The molecule has 1 unspecified atom stereocenters. The van der Waals surface area contributed by atoms with Crippen molar-refractivity contribution in [1.82, 2.24) is 20.8 Å². The van der Waals surface area contributed by atoms with Crippen LogP contribution in [-0.4, -0.2) is 41.7 Å². The molecular weight excluding hydrogens is 386 g/mol. The van der Waals surface area contributed by atoms with E-state index in [4.69, 9.17) is 15.0 Å². The molecule has 28 heavy (non-hydrogen) atoms. The van der Waals surface area contributed by atoms with Gasteiger partial charge < -0.3 is 25.6 Å². The molecule has 2 amide bonds. The molecule has 1 aromatic heterocycles. The monoisotopic (exact) mass is 411 g/mol. The van der Waals surface area contributed by atoms with E-state index in [0.29, 0.717) is 17.2 Å². The molecule has 2 atom stereocenters. The van der Waals surface area contributed by atoms with E-state index in [-0.39, 0.29) is 36.6 Å². The first-order valence-electron chi connectivity index (χ1n) is 8.59. The molecule has 10 heteroatoms. The maximum atomic E-state index is 12.4. The predicted molar refractivity (Wildman–Crippen MR) is 105 cm³/mol. The van der Waals surface area contributed by atoms with Crippen LogP contribution in [0.3, 0.4) is 0 Å². The fourth-order valence-corrected chi connectivity index (χ4v) is 2.42. The molecule has 0 saturated heterocycles. The van der Waals surface area contributed by atoms with Crippen LogP contribution in [0.15, 0.2) is 28.8 Å². The van der Waals surface area contributed by atoms with Gasteiger partial charge in [-0.25, -0.2) is 0 Å². The van der Waals surface area contributed by atoms with Gasteiger partial charge in [0.2, 0.25) is 17.7 Å². The molecule has 0 radical (unpaired) electrons. The molecular formula is C18H26ClN5O4. The topological polar surface area (TPSA) is 132 Å². The zero-order chi connectivity index (χ0) is 20.0. The summed E-state index contributed by atoms with van der Waals surface area (Å²) < 4.78 is 10.4. The molecule has 1 heterocycles. The van der Waals surface area contributed by atoms with Gasteiger partial charge in [0.15, 0.2) is 5.82 Å². The molecule has 154 valence electrons. The second kappa shape index (κ2) is 10.6. The summed E-state index contributed by atoms with van der Waals surface area (Å²) in [5.41, 5.74) is 6.44. The van der Waals surface area contributed by atoms with Crippen molar-refractivity contribution in [1.29, 1.82) is 0 Å². The lowest BCUT2D eigenvalue weighted by Crippen LogP contribution is -2.47. The van der Waals surface area contributed by atoms with Gasteiger partial charge in [-0.2, -0.15) is 4.98 Å². The summed E-state index contributed by atoms with van der Waals surface area (Å²) in [6, 6.07) is 5.82. The van der Waals surface area contributed by atoms with Crippen molar-refractivity contribution < 1.29 is 18.8 Å². The van der Waals surface area contributed by atoms with Crippen molar-refractivity contribution >= 4 is 24.2 Å². The Balaban J connectivity index is 0.00000392. The summed E-state index contributed by atoms with van der Waals surface area (Å²) in [6.07, 6.45) is 0. The molecule has 0 spiro atoms.